The highest BCUT2D eigenvalue weighted by atomic mass is 32.2. The van der Waals surface area contributed by atoms with E-state index in [1.807, 2.05) is 0 Å². The Hall–Kier alpha value is -0.990. The molecule has 1 aromatic carbocycles. The summed E-state index contributed by atoms with van der Waals surface area (Å²) in [6.07, 6.45) is 3.21. The second kappa shape index (κ2) is 4.78. The average molecular weight is 321 g/mol. The van der Waals surface area contributed by atoms with E-state index in [9.17, 15) is 21.2 Å². The van der Waals surface area contributed by atoms with Crippen LogP contribution in [0.4, 0.5) is 4.39 Å². The maximum Gasteiger partial charge on any atom is 0.244 e. The van der Waals surface area contributed by atoms with Crippen LogP contribution in [0.15, 0.2) is 28.0 Å². The minimum atomic E-state index is -4.08. The molecule has 2 rings (SSSR count). The van der Waals surface area contributed by atoms with Gasteiger partial charge < -0.3 is 0 Å². The van der Waals surface area contributed by atoms with Crippen molar-refractivity contribution in [1.29, 1.82) is 0 Å². The highest BCUT2D eigenvalue weighted by Gasteiger charge is 2.37. The van der Waals surface area contributed by atoms with Crippen molar-refractivity contribution in [3.05, 3.63) is 24.0 Å². The highest BCUT2D eigenvalue weighted by Crippen LogP contribution is 2.33. The minimum Gasteiger partial charge on any atom is -0.224 e. The largest absolute Gasteiger partial charge is 0.244 e. The van der Waals surface area contributed by atoms with Gasteiger partial charge in [0.15, 0.2) is 9.84 Å². The molecule has 1 N–H and O–H groups in total. The van der Waals surface area contributed by atoms with Gasteiger partial charge in [-0.05, 0) is 44.4 Å². The zero-order chi connectivity index (χ0) is 15.2. The van der Waals surface area contributed by atoms with E-state index in [-0.39, 0.29) is 4.90 Å². The Morgan fingerprint density at radius 1 is 1.20 bits per heavy atom. The lowest BCUT2D eigenvalue weighted by molar-refractivity contribution is 0.247. The summed E-state index contributed by atoms with van der Waals surface area (Å²) in [7, 11) is -7.68. The number of sulfonamides is 1. The fraction of sp³-hybridized carbons (Fsp3) is 0.500. The Kier molecular flexibility index (Phi) is 3.68. The monoisotopic (exact) mass is 321 g/mol. The van der Waals surface area contributed by atoms with Crippen LogP contribution in [0.2, 0.25) is 0 Å². The van der Waals surface area contributed by atoms with Crippen LogP contribution in [0.1, 0.15) is 26.2 Å². The van der Waals surface area contributed by atoms with Crippen LogP contribution >= 0.6 is 0 Å². The summed E-state index contributed by atoms with van der Waals surface area (Å²) in [6.45, 7) is 1.74. The van der Waals surface area contributed by atoms with Crippen LogP contribution in [0.3, 0.4) is 0 Å². The van der Waals surface area contributed by atoms with Gasteiger partial charge in [0, 0.05) is 11.8 Å². The molecule has 0 atom stereocenters. The van der Waals surface area contributed by atoms with Crippen LogP contribution in [0.25, 0.3) is 0 Å². The van der Waals surface area contributed by atoms with Gasteiger partial charge in [-0.1, -0.05) is 0 Å². The lowest BCUT2D eigenvalue weighted by Crippen LogP contribution is -2.50. The molecule has 0 aromatic heterocycles. The summed E-state index contributed by atoms with van der Waals surface area (Å²) in [5, 5.41) is 0. The predicted molar refractivity (Wildman–Crippen MR) is 72.1 cm³/mol. The first kappa shape index (κ1) is 15.4. The third-order valence-electron chi connectivity index (χ3n) is 3.46. The fourth-order valence-electron chi connectivity index (χ4n) is 2.11. The van der Waals surface area contributed by atoms with Crippen LogP contribution < -0.4 is 4.72 Å². The predicted octanol–water partition coefficient (Wildman–Crippen LogP) is 1.45. The summed E-state index contributed by atoms with van der Waals surface area (Å²) in [4.78, 5) is -0.855. The molecular formula is C12H16FNO4S2. The molecular weight excluding hydrogens is 305 g/mol. The zero-order valence-corrected chi connectivity index (χ0v) is 12.8. The summed E-state index contributed by atoms with van der Waals surface area (Å²) < 4.78 is 63.4. The smallest absolute Gasteiger partial charge is 0.224 e. The van der Waals surface area contributed by atoms with E-state index in [2.05, 4.69) is 4.72 Å². The molecule has 1 aromatic rings. The SMILES string of the molecule is CC1(NS(=O)(=O)c2cc(S(C)(=O)=O)ccc2F)CCC1. The third kappa shape index (κ3) is 3.02. The average Bonchev–Trinajstić information content (AvgIpc) is 2.25. The topological polar surface area (TPSA) is 80.3 Å². The zero-order valence-electron chi connectivity index (χ0n) is 11.2. The Morgan fingerprint density at radius 2 is 1.80 bits per heavy atom. The second-order valence-corrected chi connectivity index (χ2v) is 9.05. The van der Waals surface area contributed by atoms with Crippen LogP contribution in [-0.2, 0) is 19.9 Å². The molecule has 1 saturated carbocycles. The van der Waals surface area contributed by atoms with E-state index in [1.165, 1.54) is 0 Å². The lowest BCUT2D eigenvalue weighted by atomic mass is 9.80. The molecule has 0 radical (unpaired) electrons. The van der Waals surface area contributed by atoms with Crippen molar-refractivity contribution in [2.75, 3.05) is 6.26 Å². The molecule has 1 fully saturated rings. The Bertz CT molecular complexity index is 737. The Morgan fingerprint density at radius 3 is 2.25 bits per heavy atom. The molecule has 1 aliphatic rings. The minimum absolute atomic E-state index is 0.224. The number of hydrogen-bond donors (Lipinski definition) is 1. The van der Waals surface area contributed by atoms with Crippen LogP contribution in [0.5, 0.6) is 0 Å². The molecule has 0 unspecified atom stereocenters. The molecule has 0 bridgehead atoms. The highest BCUT2D eigenvalue weighted by molar-refractivity contribution is 7.91. The van der Waals surface area contributed by atoms with Crippen molar-refractivity contribution in [2.45, 2.75) is 41.5 Å². The van der Waals surface area contributed by atoms with Crippen molar-refractivity contribution in [3.8, 4) is 0 Å². The Balaban J connectivity index is 2.46. The van der Waals surface area contributed by atoms with Crippen molar-refractivity contribution in [3.63, 3.8) is 0 Å². The first-order valence-corrected chi connectivity index (χ1v) is 9.45. The van der Waals surface area contributed by atoms with E-state index in [1.54, 1.807) is 6.92 Å². The fourth-order valence-corrected chi connectivity index (χ4v) is 4.40. The maximum absolute atomic E-state index is 13.7. The number of halogens is 1. The van der Waals surface area contributed by atoms with Gasteiger partial charge in [-0.25, -0.2) is 25.9 Å². The van der Waals surface area contributed by atoms with Gasteiger partial charge in [0.1, 0.15) is 10.7 Å². The van der Waals surface area contributed by atoms with Crippen molar-refractivity contribution in [1.82, 2.24) is 4.72 Å². The van der Waals surface area contributed by atoms with E-state index in [4.69, 9.17) is 0 Å². The summed E-state index contributed by atoms with van der Waals surface area (Å²) in [6, 6.07) is 2.76. The standard InChI is InChI=1S/C12H16FNO4S2/c1-12(6-3-7-12)14-20(17,18)11-8-9(19(2,15)16)4-5-10(11)13/h4-5,8,14H,3,6-7H2,1-2H3. The molecule has 5 nitrogen and oxygen atoms in total. The maximum atomic E-state index is 13.7. The number of hydrogen-bond acceptors (Lipinski definition) is 4. The molecule has 8 heteroatoms. The van der Waals surface area contributed by atoms with Crippen LogP contribution in [-0.4, -0.2) is 28.6 Å². The van der Waals surface area contributed by atoms with Crippen molar-refractivity contribution in [2.24, 2.45) is 0 Å². The van der Waals surface area contributed by atoms with E-state index >= 15 is 0 Å². The number of benzene rings is 1. The normalized spacial score (nSPS) is 18.6. The van der Waals surface area contributed by atoms with Gasteiger partial charge in [-0.15, -0.1) is 0 Å². The first-order valence-electron chi connectivity index (χ1n) is 6.07. The molecule has 112 valence electrons. The van der Waals surface area contributed by atoms with E-state index in [0.29, 0.717) is 12.8 Å². The Labute approximate surface area is 118 Å². The molecule has 0 heterocycles. The van der Waals surface area contributed by atoms with Crippen molar-refractivity contribution >= 4 is 19.9 Å². The van der Waals surface area contributed by atoms with E-state index in [0.717, 1.165) is 30.9 Å². The number of rotatable bonds is 4. The second-order valence-electron chi connectivity index (χ2n) is 5.38. The quantitative estimate of drug-likeness (QED) is 0.851. The summed E-state index contributed by atoms with van der Waals surface area (Å²) in [5.41, 5.74) is -0.577. The van der Waals surface area contributed by atoms with Gasteiger partial charge in [-0.2, -0.15) is 0 Å². The summed E-state index contributed by atoms with van der Waals surface area (Å²) >= 11 is 0. The van der Waals surface area contributed by atoms with Crippen LogP contribution in [0, 0.1) is 5.82 Å². The van der Waals surface area contributed by atoms with Gasteiger partial charge in [0.05, 0.1) is 4.90 Å². The van der Waals surface area contributed by atoms with Gasteiger partial charge in [0.2, 0.25) is 10.0 Å². The molecule has 0 aliphatic heterocycles. The molecule has 0 saturated heterocycles. The number of nitrogens with one attached hydrogen (secondary N) is 1. The van der Waals surface area contributed by atoms with E-state index < -0.39 is 36.1 Å². The molecule has 0 spiro atoms. The molecule has 20 heavy (non-hydrogen) atoms. The van der Waals surface area contributed by atoms with Gasteiger partial charge in [-0.3, -0.25) is 0 Å². The third-order valence-corrected chi connectivity index (χ3v) is 6.22. The first-order chi connectivity index (χ1) is 9.04. The molecule has 1 aliphatic carbocycles. The van der Waals surface area contributed by atoms with Gasteiger partial charge >= 0.3 is 0 Å². The van der Waals surface area contributed by atoms with Crippen molar-refractivity contribution < 1.29 is 21.2 Å². The van der Waals surface area contributed by atoms with Gasteiger partial charge in [0.25, 0.3) is 0 Å². The molecule has 0 amide bonds. The lowest BCUT2D eigenvalue weighted by Gasteiger charge is -2.38. The summed E-state index contributed by atoms with van der Waals surface area (Å²) in [5.74, 6) is -0.965. The number of sulfone groups is 1.